The monoisotopic (exact) mass is 2000 g/mol. The Morgan fingerprint density at radius 1 is 0.230 bits per heavy atom. The lowest BCUT2D eigenvalue weighted by atomic mass is 10.0. The molecule has 20 rings (SSSR count). The number of para-hydroxylation sites is 1. The number of methoxy groups -OCH3 is 9. The number of hydrogen-bond donors (Lipinski definition) is 4. The first-order chi connectivity index (χ1) is 71.6. The predicted octanol–water partition coefficient (Wildman–Crippen LogP) is 23.1. The lowest BCUT2D eigenvalue weighted by Crippen LogP contribution is -2.03. The van der Waals surface area contributed by atoms with Crippen molar-refractivity contribution in [2.24, 2.45) is 0 Å². The van der Waals surface area contributed by atoms with Gasteiger partial charge in [-0.1, -0.05) is 146 Å². The zero-order valence-corrected chi connectivity index (χ0v) is 83.4. The van der Waals surface area contributed by atoms with Gasteiger partial charge in [-0.15, -0.1) is 0 Å². The van der Waals surface area contributed by atoms with E-state index in [-0.39, 0.29) is 12.4 Å². The van der Waals surface area contributed by atoms with Gasteiger partial charge in [0.25, 0.3) is 0 Å². The number of carbonyl (C=O) groups is 1. The van der Waals surface area contributed by atoms with Crippen molar-refractivity contribution in [3.63, 3.8) is 0 Å². The van der Waals surface area contributed by atoms with Crippen LogP contribution in [0.2, 0.25) is 0 Å². The highest BCUT2D eigenvalue weighted by atomic mass is 16.5. The Bertz CT molecular complexity index is 8620. The first kappa shape index (κ1) is 103. The summed E-state index contributed by atoms with van der Waals surface area (Å²) in [5.41, 5.74) is 7.47. The molecule has 0 amide bonds. The first-order valence-corrected chi connectivity index (χ1v) is 46.9. The van der Waals surface area contributed by atoms with E-state index in [4.69, 9.17) is 88.4 Å². The Labute approximate surface area is 846 Å². The lowest BCUT2D eigenvalue weighted by molar-refractivity contribution is 0.101. The number of fused-ring (bicyclic) bond motifs is 15. The minimum atomic E-state index is -0.676. The van der Waals surface area contributed by atoms with E-state index >= 15 is 0 Å². The fourth-order valence-electron chi connectivity index (χ4n) is 16.8. The minimum Gasteiger partial charge on any atom is -0.497 e. The molecular weight excluding hydrogens is 1890 g/mol. The molecule has 15 aromatic carbocycles. The number of carbonyl (C=O) groups excluding carboxylic acids is 1. The van der Waals surface area contributed by atoms with E-state index in [0.29, 0.717) is 177 Å². The minimum absolute atomic E-state index is 0.115. The Morgan fingerprint density at radius 3 is 0.797 bits per heavy atom. The summed E-state index contributed by atoms with van der Waals surface area (Å²) < 4.78 is 106. The van der Waals surface area contributed by atoms with Gasteiger partial charge in [-0.05, 0) is 182 Å². The Hall–Kier alpha value is -17.6. The molecule has 5 heterocycles. The van der Waals surface area contributed by atoms with Gasteiger partial charge in [0, 0.05) is 95.3 Å². The van der Waals surface area contributed by atoms with Crippen LogP contribution in [0.15, 0.2) is 325 Å². The summed E-state index contributed by atoms with van der Waals surface area (Å²) >= 11 is 0. The van der Waals surface area contributed by atoms with Gasteiger partial charge in [0.2, 0.25) is 0 Å². The standard InChI is InChI=1S/C24H22O6.C24H20O6.2C24H22O6.C23H20O5/c2*1-14(25)16-6-9-18-19-11-22(28-3)23(12-21(19)30-24(26)20(18)10-16)29-13-15-4-7-17(27-2)8-5-15;1-14(25)16-7-8-18-19-11-22(28-3)23(12-21(19)30-24(26)20(18)10-16)29-13-15-5-4-6-17(9-15)27-2;1-14(25)15-8-9-17-18-11-22(28-3)23(12-21(18)30-24(26)19(17)10-15)29-13-16-6-4-5-7-20(16)27-2;1-14(24)16-8-9-17-18-11-21(26-2)22(27-13-15-6-4-3-5-7-15)12-20(18)28-23(25)19(17)10-16/h4-12,14,25H,13H2,1-3H3;4-12H,13H2,1-3H3;2*4-12,14,25H,13H2,1-3H3;3-12,14,24H,13H2,1-2H3. The van der Waals surface area contributed by atoms with Crippen LogP contribution >= 0.6 is 0 Å². The molecule has 0 fully saturated rings. The highest BCUT2D eigenvalue weighted by Gasteiger charge is 2.24. The topological polar surface area (TPSA) is 378 Å². The summed E-state index contributed by atoms with van der Waals surface area (Å²) in [5.74, 6) is 7.91. The van der Waals surface area contributed by atoms with Crippen molar-refractivity contribution in [2.45, 2.75) is 92.1 Å². The molecule has 29 nitrogen and oxygen atoms in total. The third kappa shape index (κ3) is 23.2. The Balaban J connectivity index is 0.000000132. The molecule has 756 valence electrons. The molecule has 0 aliphatic carbocycles. The fraction of sp³-hybridized carbons (Fsp3) is 0.193. The number of ketones is 1. The van der Waals surface area contributed by atoms with Gasteiger partial charge < -0.3 is 109 Å². The number of ether oxygens (including phenoxy) is 14. The van der Waals surface area contributed by atoms with E-state index in [9.17, 15) is 49.2 Å². The molecule has 4 atom stereocenters. The summed E-state index contributed by atoms with van der Waals surface area (Å²) in [6, 6.07) is 83.4. The smallest absolute Gasteiger partial charge is 0.344 e. The molecule has 0 radical (unpaired) electrons. The number of benzene rings is 15. The summed E-state index contributed by atoms with van der Waals surface area (Å²) in [5, 5.41) is 48.5. The van der Waals surface area contributed by atoms with Crippen molar-refractivity contribution in [3.05, 3.63) is 387 Å². The van der Waals surface area contributed by atoms with Gasteiger partial charge in [-0.25, -0.2) is 24.0 Å². The number of aliphatic hydroxyl groups excluding tert-OH is 4. The highest BCUT2D eigenvalue weighted by molar-refractivity contribution is 6.11. The fourth-order valence-corrected chi connectivity index (χ4v) is 16.8. The third-order valence-electron chi connectivity index (χ3n) is 24.9. The molecule has 0 aliphatic rings. The Morgan fingerprint density at radius 2 is 0.500 bits per heavy atom. The van der Waals surface area contributed by atoms with E-state index in [1.165, 1.54) is 6.92 Å². The quantitative estimate of drug-likeness (QED) is 0.0192. The first-order valence-electron chi connectivity index (χ1n) is 46.9. The van der Waals surface area contributed by atoms with E-state index in [1.54, 1.807) is 213 Å². The van der Waals surface area contributed by atoms with Crippen LogP contribution in [0.3, 0.4) is 0 Å². The molecule has 20 aromatic rings. The second-order valence-electron chi connectivity index (χ2n) is 34.5. The van der Waals surface area contributed by atoms with E-state index in [0.717, 1.165) is 93.9 Å². The molecular formula is C119H106O29. The Kier molecular flexibility index (Phi) is 32.4. The molecule has 0 saturated heterocycles. The van der Waals surface area contributed by atoms with Crippen LogP contribution in [0.25, 0.3) is 109 Å². The number of aliphatic hydroxyl groups is 4. The van der Waals surface area contributed by atoms with Crippen LogP contribution < -0.4 is 94.4 Å². The molecule has 148 heavy (non-hydrogen) atoms. The number of Topliss-reactive ketones (excluding diaryl/α,β-unsaturated/α-hetero) is 1. The van der Waals surface area contributed by atoms with Crippen molar-refractivity contribution < 1.29 is 114 Å². The summed E-state index contributed by atoms with van der Waals surface area (Å²) in [4.78, 5) is 74.3. The molecule has 29 heteroatoms. The molecule has 0 bridgehead atoms. The van der Waals surface area contributed by atoms with Crippen molar-refractivity contribution in [1.82, 2.24) is 0 Å². The second kappa shape index (κ2) is 46.4. The normalized spacial score (nSPS) is 11.9. The largest absolute Gasteiger partial charge is 0.497 e. The zero-order chi connectivity index (χ0) is 105. The van der Waals surface area contributed by atoms with Crippen LogP contribution in [-0.4, -0.2) is 90.2 Å². The molecule has 0 aliphatic heterocycles. The zero-order valence-electron chi connectivity index (χ0n) is 83.4. The van der Waals surface area contributed by atoms with E-state index in [1.807, 2.05) is 158 Å². The number of hydrogen-bond acceptors (Lipinski definition) is 29. The maximum absolute atomic E-state index is 12.6. The van der Waals surface area contributed by atoms with E-state index in [2.05, 4.69) is 0 Å². The predicted molar refractivity (Wildman–Crippen MR) is 565 cm³/mol. The van der Waals surface area contributed by atoms with Crippen LogP contribution in [0.5, 0.6) is 80.5 Å². The summed E-state index contributed by atoms with van der Waals surface area (Å²) in [6.07, 6.45) is -2.69. The molecule has 0 spiro atoms. The molecule has 0 saturated carbocycles. The SMILES string of the molecule is COc1cc2c(cc1OCc1ccccc1)oc(=O)c1cc(C(C)O)ccc12.COc1ccc(COc2cc3oc(=O)c4cc(C(C)=O)ccc4c3cc2OC)cc1.COc1ccc(COc2cc3oc(=O)c4cc(C(C)O)ccc4c3cc2OC)cc1.COc1cccc(COc2cc3oc(=O)c4cc(C(C)O)ccc4c3cc2OC)c1.COc1ccccc1COc1cc2oc(=O)c3cc(C(C)O)ccc3c2cc1OC. The average molecular weight is 2000 g/mol. The van der Waals surface area contributed by atoms with Crippen LogP contribution in [0, 0.1) is 0 Å². The van der Waals surface area contributed by atoms with Gasteiger partial charge in [0.15, 0.2) is 63.3 Å². The third-order valence-corrected chi connectivity index (χ3v) is 24.9. The average Bonchev–Trinajstić information content (AvgIpc) is 0.774. The van der Waals surface area contributed by atoms with Crippen molar-refractivity contribution in [3.8, 4) is 80.5 Å². The van der Waals surface area contributed by atoms with E-state index < -0.39 is 52.5 Å². The molecule has 4 N–H and O–H groups in total. The number of rotatable bonds is 29. The molecule has 4 unspecified atom stereocenters. The van der Waals surface area contributed by atoms with Gasteiger partial charge in [-0.3, -0.25) is 4.79 Å². The van der Waals surface area contributed by atoms with Gasteiger partial charge in [0.05, 0.1) is 115 Å². The van der Waals surface area contributed by atoms with Crippen LogP contribution in [-0.2, 0) is 33.0 Å². The van der Waals surface area contributed by atoms with Crippen molar-refractivity contribution in [2.75, 3.05) is 64.0 Å². The van der Waals surface area contributed by atoms with Crippen LogP contribution in [0.4, 0.5) is 0 Å². The van der Waals surface area contributed by atoms with Crippen molar-refractivity contribution in [1.29, 1.82) is 0 Å². The highest BCUT2D eigenvalue weighted by Crippen LogP contribution is 2.44. The van der Waals surface area contributed by atoms with Gasteiger partial charge in [0.1, 0.15) is 83.9 Å². The van der Waals surface area contributed by atoms with Gasteiger partial charge >= 0.3 is 28.1 Å². The summed E-state index contributed by atoms with van der Waals surface area (Å²) in [6.45, 7) is 9.64. The van der Waals surface area contributed by atoms with Crippen molar-refractivity contribution >= 4 is 114 Å². The van der Waals surface area contributed by atoms with Crippen LogP contribution in [0.1, 0.15) is 119 Å². The van der Waals surface area contributed by atoms with Gasteiger partial charge in [-0.2, -0.15) is 0 Å². The molecule has 5 aromatic heterocycles. The maximum atomic E-state index is 12.6. The lowest BCUT2D eigenvalue weighted by Gasteiger charge is -2.14. The second-order valence-corrected chi connectivity index (χ2v) is 34.5. The maximum Gasteiger partial charge on any atom is 0.344 e. The summed E-state index contributed by atoms with van der Waals surface area (Å²) in [7, 11) is 14.3.